The predicted octanol–water partition coefficient (Wildman–Crippen LogP) is 2.08. The molecule has 0 bridgehead atoms. The summed E-state index contributed by atoms with van der Waals surface area (Å²) in [6, 6.07) is 0.198. The van der Waals surface area contributed by atoms with Crippen LogP contribution in [0.3, 0.4) is 0 Å². The van der Waals surface area contributed by atoms with Gasteiger partial charge in [0.05, 0.1) is 13.5 Å². The number of amides is 1. The maximum atomic E-state index is 12.6. The van der Waals surface area contributed by atoms with E-state index >= 15 is 0 Å². The van der Waals surface area contributed by atoms with Gasteiger partial charge in [-0.05, 0) is 39.0 Å². The molecule has 0 saturated carbocycles. The second-order valence-corrected chi connectivity index (χ2v) is 6.27. The van der Waals surface area contributed by atoms with Crippen LogP contribution in [-0.2, 0) is 14.3 Å². The Kier molecular flexibility index (Phi) is 7.72. The summed E-state index contributed by atoms with van der Waals surface area (Å²) in [7, 11) is 1.40. The summed E-state index contributed by atoms with van der Waals surface area (Å²) in [4.78, 5) is 26.0. The van der Waals surface area contributed by atoms with Gasteiger partial charge in [-0.2, -0.15) is 0 Å². The zero-order chi connectivity index (χ0) is 15.8. The summed E-state index contributed by atoms with van der Waals surface area (Å²) >= 11 is 0. The summed E-state index contributed by atoms with van der Waals surface area (Å²) in [5.41, 5.74) is 5.74. The van der Waals surface area contributed by atoms with Gasteiger partial charge in [0.2, 0.25) is 5.91 Å². The predicted molar refractivity (Wildman–Crippen MR) is 82.6 cm³/mol. The fourth-order valence-electron chi connectivity index (χ4n) is 2.93. The van der Waals surface area contributed by atoms with Crippen molar-refractivity contribution in [3.8, 4) is 0 Å². The number of ether oxygens (including phenoxy) is 1. The van der Waals surface area contributed by atoms with Gasteiger partial charge in [0.1, 0.15) is 0 Å². The number of carbonyl (C=O) groups excluding carboxylic acids is 2. The molecule has 1 amide bonds. The molecule has 1 aliphatic heterocycles. The first-order chi connectivity index (χ1) is 9.95. The van der Waals surface area contributed by atoms with Gasteiger partial charge in [-0.1, -0.05) is 13.3 Å². The van der Waals surface area contributed by atoms with Crippen LogP contribution in [0.1, 0.15) is 58.8 Å². The van der Waals surface area contributed by atoms with Gasteiger partial charge < -0.3 is 15.4 Å². The third-order valence-corrected chi connectivity index (χ3v) is 4.26. The largest absolute Gasteiger partial charge is 0.469 e. The molecule has 2 N–H and O–H groups in total. The number of likely N-dealkylation sites (tertiary alicyclic amines) is 1. The summed E-state index contributed by atoms with van der Waals surface area (Å²) < 4.78 is 4.74. The quantitative estimate of drug-likeness (QED) is 0.730. The lowest BCUT2D eigenvalue weighted by Crippen LogP contribution is -2.47. The molecular formula is C16H30N2O3. The van der Waals surface area contributed by atoms with Gasteiger partial charge in [-0.15, -0.1) is 0 Å². The van der Waals surface area contributed by atoms with Gasteiger partial charge in [0.15, 0.2) is 0 Å². The number of hydrogen-bond acceptors (Lipinski definition) is 4. The van der Waals surface area contributed by atoms with Crippen LogP contribution in [0.15, 0.2) is 0 Å². The summed E-state index contributed by atoms with van der Waals surface area (Å²) in [6.45, 7) is 4.73. The van der Waals surface area contributed by atoms with Crippen molar-refractivity contribution in [1.82, 2.24) is 4.90 Å². The number of nitrogens with zero attached hydrogens (tertiary/aromatic N) is 1. The molecule has 3 unspecified atom stereocenters. The summed E-state index contributed by atoms with van der Waals surface area (Å²) in [6.07, 6.45) is 6.09. The Bertz CT molecular complexity index is 344. The van der Waals surface area contributed by atoms with E-state index in [1.807, 2.05) is 18.7 Å². The molecule has 1 rings (SSSR count). The molecule has 0 radical (unpaired) electrons. The SMILES string of the molecule is COC(=O)CC1CCCCN1C(=O)C(C)CCCC(C)N. The number of rotatable bonds is 7. The zero-order valence-electron chi connectivity index (χ0n) is 13.6. The molecule has 3 atom stereocenters. The van der Waals surface area contributed by atoms with Crippen molar-refractivity contribution >= 4 is 11.9 Å². The molecule has 1 saturated heterocycles. The van der Waals surface area contributed by atoms with Crippen molar-refractivity contribution in [2.75, 3.05) is 13.7 Å². The van der Waals surface area contributed by atoms with E-state index in [4.69, 9.17) is 10.5 Å². The smallest absolute Gasteiger partial charge is 0.307 e. The Labute approximate surface area is 128 Å². The maximum absolute atomic E-state index is 12.6. The van der Waals surface area contributed by atoms with Crippen molar-refractivity contribution in [2.45, 2.75) is 70.9 Å². The van der Waals surface area contributed by atoms with Crippen LogP contribution < -0.4 is 5.73 Å². The number of nitrogens with two attached hydrogens (primary N) is 1. The van der Waals surface area contributed by atoms with E-state index < -0.39 is 0 Å². The topological polar surface area (TPSA) is 72.6 Å². The van der Waals surface area contributed by atoms with Crippen LogP contribution in [0.2, 0.25) is 0 Å². The molecule has 0 aromatic carbocycles. The Hall–Kier alpha value is -1.10. The van der Waals surface area contributed by atoms with Crippen LogP contribution in [0, 0.1) is 5.92 Å². The zero-order valence-corrected chi connectivity index (χ0v) is 13.6. The third-order valence-electron chi connectivity index (χ3n) is 4.26. The Balaban J connectivity index is 2.53. The lowest BCUT2D eigenvalue weighted by molar-refractivity contribution is -0.146. The second-order valence-electron chi connectivity index (χ2n) is 6.27. The van der Waals surface area contributed by atoms with Crippen LogP contribution in [0.25, 0.3) is 0 Å². The normalized spacial score (nSPS) is 21.7. The highest BCUT2D eigenvalue weighted by Crippen LogP contribution is 2.23. The molecular weight excluding hydrogens is 268 g/mol. The Morgan fingerprint density at radius 2 is 2.00 bits per heavy atom. The molecule has 0 aliphatic carbocycles. The lowest BCUT2D eigenvalue weighted by atomic mass is 9.95. The highest BCUT2D eigenvalue weighted by Gasteiger charge is 2.30. The summed E-state index contributed by atoms with van der Waals surface area (Å²) in [5, 5.41) is 0. The summed E-state index contributed by atoms with van der Waals surface area (Å²) in [5.74, 6) is -0.0559. The van der Waals surface area contributed by atoms with Crippen molar-refractivity contribution in [3.05, 3.63) is 0 Å². The number of carbonyl (C=O) groups is 2. The van der Waals surface area contributed by atoms with E-state index in [1.54, 1.807) is 0 Å². The molecule has 0 aromatic rings. The maximum Gasteiger partial charge on any atom is 0.307 e. The highest BCUT2D eigenvalue weighted by atomic mass is 16.5. The van der Waals surface area contributed by atoms with Gasteiger partial charge >= 0.3 is 5.97 Å². The number of piperidine rings is 1. The van der Waals surface area contributed by atoms with E-state index in [-0.39, 0.29) is 29.9 Å². The first-order valence-electron chi connectivity index (χ1n) is 8.08. The fraction of sp³-hybridized carbons (Fsp3) is 0.875. The minimum atomic E-state index is -0.232. The molecule has 5 nitrogen and oxygen atoms in total. The van der Waals surface area contributed by atoms with Crippen LogP contribution in [0.4, 0.5) is 0 Å². The second kappa shape index (κ2) is 9.03. The minimum Gasteiger partial charge on any atom is -0.469 e. The number of methoxy groups -OCH3 is 1. The average Bonchev–Trinajstić information content (AvgIpc) is 2.46. The van der Waals surface area contributed by atoms with Crippen molar-refractivity contribution in [3.63, 3.8) is 0 Å². The number of esters is 1. The monoisotopic (exact) mass is 298 g/mol. The molecule has 5 heteroatoms. The lowest BCUT2D eigenvalue weighted by Gasteiger charge is -2.37. The standard InChI is InChI=1S/C16H30N2O3/c1-12(7-6-8-13(2)17)16(20)18-10-5-4-9-14(18)11-15(19)21-3/h12-14H,4-11,17H2,1-3H3. The van der Waals surface area contributed by atoms with E-state index in [0.717, 1.165) is 45.1 Å². The van der Waals surface area contributed by atoms with Gasteiger partial charge in [0, 0.05) is 24.5 Å². The van der Waals surface area contributed by atoms with Crippen molar-refractivity contribution < 1.29 is 14.3 Å². The molecule has 0 aromatic heterocycles. The highest BCUT2D eigenvalue weighted by molar-refractivity contribution is 5.80. The molecule has 1 heterocycles. The van der Waals surface area contributed by atoms with Crippen LogP contribution in [0.5, 0.6) is 0 Å². The molecule has 21 heavy (non-hydrogen) atoms. The molecule has 1 fully saturated rings. The number of hydrogen-bond donors (Lipinski definition) is 1. The van der Waals surface area contributed by atoms with Gasteiger partial charge in [-0.25, -0.2) is 0 Å². The van der Waals surface area contributed by atoms with Crippen molar-refractivity contribution in [1.29, 1.82) is 0 Å². The van der Waals surface area contributed by atoms with Gasteiger partial charge in [-0.3, -0.25) is 9.59 Å². The van der Waals surface area contributed by atoms with E-state index in [2.05, 4.69) is 0 Å². The minimum absolute atomic E-state index is 0.00185. The average molecular weight is 298 g/mol. The molecule has 1 aliphatic rings. The first kappa shape index (κ1) is 18.0. The van der Waals surface area contributed by atoms with E-state index in [0.29, 0.717) is 6.42 Å². The molecule has 122 valence electrons. The van der Waals surface area contributed by atoms with Crippen LogP contribution in [-0.4, -0.2) is 42.5 Å². The van der Waals surface area contributed by atoms with Gasteiger partial charge in [0.25, 0.3) is 0 Å². The van der Waals surface area contributed by atoms with Crippen LogP contribution >= 0.6 is 0 Å². The Morgan fingerprint density at radius 1 is 1.29 bits per heavy atom. The van der Waals surface area contributed by atoms with Crippen molar-refractivity contribution in [2.24, 2.45) is 11.7 Å². The Morgan fingerprint density at radius 3 is 2.62 bits per heavy atom. The fourth-order valence-corrected chi connectivity index (χ4v) is 2.93. The third kappa shape index (κ3) is 6.04. The van der Waals surface area contributed by atoms with E-state index in [9.17, 15) is 9.59 Å². The molecule has 0 spiro atoms. The first-order valence-corrected chi connectivity index (χ1v) is 8.08. The van der Waals surface area contributed by atoms with E-state index in [1.165, 1.54) is 7.11 Å².